The van der Waals surface area contributed by atoms with Crippen LogP contribution in [0.5, 0.6) is 5.75 Å². The van der Waals surface area contributed by atoms with E-state index in [0.717, 1.165) is 15.9 Å². The molecule has 1 N–H and O–H groups in total. The number of thiazole rings is 1. The number of carbonyl (C=O) groups is 1. The molecular weight excluding hydrogens is 460 g/mol. The summed E-state index contributed by atoms with van der Waals surface area (Å²) in [6.45, 7) is 5.76. The zero-order valence-corrected chi connectivity index (χ0v) is 20.2. The predicted octanol–water partition coefficient (Wildman–Crippen LogP) is 7.42. The fraction of sp³-hybridized carbons (Fsp3) is 0.238. The van der Waals surface area contributed by atoms with Crippen molar-refractivity contribution in [3.8, 4) is 5.75 Å². The number of urea groups is 1. The van der Waals surface area contributed by atoms with Gasteiger partial charge in [-0.15, -0.1) is 28.2 Å². The van der Waals surface area contributed by atoms with E-state index in [9.17, 15) is 13.7 Å². The predicted molar refractivity (Wildman–Crippen MR) is 126 cm³/mol. The van der Waals surface area contributed by atoms with Crippen molar-refractivity contribution in [3.05, 3.63) is 53.3 Å². The molecule has 0 aliphatic heterocycles. The number of nitrogens with one attached hydrogen (secondary N) is 1. The van der Waals surface area contributed by atoms with Gasteiger partial charge in [-0.1, -0.05) is 36.2 Å². The summed E-state index contributed by atoms with van der Waals surface area (Å²) in [6.07, 6.45) is 1.92. The quantitative estimate of drug-likeness (QED) is 0.292. The molecule has 31 heavy (non-hydrogen) atoms. The lowest BCUT2D eigenvalue weighted by atomic mass is 10.3. The molecule has 0 bridgehead atoms. The first-order valence-electron chi connectivity index (χ1n) is 9.30. The number of benzene rings is 2. The minimum absolute atomic E-state index is 0.118. The van der Waals surface area contributed by atoms with E-state index < -0.39 is 11.8 Å². The Morgan fingerprint density at radius 3 is 2.52 bits per heavy atom. The fourth-order valence-corrected chi connectivity index (χ4v) is 4.83. The summed E-state index contributed by atoms with van der Waals surface area (Å²) in [5.41, 5.74) is 0.496. The molecule has 0 saturated carbocycles. The molecular formula is C21H23F2N3O2S3. The second-order valence-corrected chi connectivity index (χ2v) is 8.50. The maximum absolute atomic E-state index is 14.9. The molecule has 2 aromatic carbocycles. The molecule has 0 atom stereocenters. The SMILES string of the molecule is CC.COc1c(SC)cccc1Sc1ccc(F)cc1N(F)C(=O)Nc1nc(C)cs1. The molecule has 10 heteroatoms. The number of amides is 2. The zero-order chi connectivity index (χ0) is 23.0. The van der Waals surface area contributed by atoms with Crippen LogP contribution in [0.15, 0.2) is 56.5 Å². The maximum Gasteiger partial charge on any atom is 0.356 e. The van der Waals surface area contributed by atoms with Gasteiger partial charge >= 0.3 is 6.03 Å². The molecule has 5 nitrogen and oxygen atoms in total. The van der Waals surface area contributed by atoms with Crippen LogP contribution < -0.4 is 15.2 Å². The molecule has 0 aliphatic rings. The molecule has 0 fully saturated rings. The van der Waals surface area contributed by atoms with Crippen LogP contribution in [0.25, 0.3) is 0 Å². The van der Waals surface area contributed by atoms with Gasteiger partial charge in [0, 0.05) is 16.3 Å². The van der Waals surface area contributed by atoms with Gasteiger partial charge in [-0.3, -0.25) is 5.32 Å². The lowest BCUT2D eigenvalue weighted by Gasteiger charge is -2.17. The molecule has 3 aromatic rings. The smallest absolute Gasteiger partial charge is 0.356 e. The number of ether oxygens (including phenoxy) is 1. The van der Waals surface area contributed by atoms with Gasteiger partial charge < -0.3 is 4.74 Å². The van der Waals surface area contributed by atoms with Crippen LogP contribution in [-0.4, -0.2) is 24.4 Å². The van der Waals surface area contributed by atoms with Crippen LogP contribution in [0.3, 0.4) is 0 Å². The molecule has 0 unspecified atom stereocenters. The number of nitrogens with zero attached hydrogens (tertiary/aromatic N) is 2. The summed E-state index contributed by atoms with van der Waals surface area (Å²) in [7, 11) is 1.55. The Hall–Kier alpha value is -2.30. The van der Waals surface area contributed by atoms with Gasteiger partial charge in [-0.25, -0.2) is 14.2 Å². The van der Waals surface area contributed by atoms with Gasteiger partial charge in [0.25, 0.3) is 0 Å². The maximum atomic E-state index is 14.9. The highest BCUT2D eigenvalue weighted by atomic mass is 32.2. The Labute approximate surface area is 193 Å². The Bertz CT molecular complexity index is 1030. The van der Waals surface area contributed by atoms with E-state index in [4.69, 9.17) is 4.74 Å². The van der Waals surface area contributed by atoms with E-state index in [1.54, 1.807) is 19.4 Å². The molecule has 2 amide bonds. The number of hydrogen-bond acceptors (Lipinski definition) is 6. The molecule has 1 heterocycles. The minimum Gasteiger partial charge on any atom is -0.494 e. The summed E-state index contributed by atoms with van der Waals surface area (Å²) in [6, 6.07) is 8.13. The summed E-state index contributed by atoms with van der Waals surface area (Å²) < 4.78 is 34.2. The molecule has 3 rings (SSSR count). The summed E-state index contributed by atoms with van der Waals surface area (Å²) >= 11 is 3.87. The number of para-hydroxylation sites is 1. The van der Waals surface area contributed by atoms with E-state index in [1.807, 2.05) is 38.3 Å². The third-order valence-electron chi connectivity index (χ3n) is 3.73. The highest BCUT2D eigenvalue weighted by Crippen LogP contribution is 2.43. The van der Waals surface area contributed by atoms with E-state index in [0.29, 0.717) is 16.3 Å². The Morgan fingerprint density at radius 1 is 1.19 bits per heavy atom. The summed E-state index contributed by atoms with van der Waals surface area (Å²) in [5, 5.41) is 4.24. The number of hydrogen-bond donors (Lipinski definition) is 1. The minimum atomic E-state index is -1.06. The number of rotatable bonds is 6. The summed E-state index contributed by atoms with van der Waals surface area (Å²) in [4.78, 5) is 18.4. The van der Waals surface area contributed by atoms with Crippen LogP contribution in [0.2, 0.25) is 0 Å². The first-order valence-corrected chi connectivity index (χ1v) is 12.2. The van der Waals surface area contributed by atoms with Crippen molar-refractivity contribution in [2.45, 2.75) is 35.5 Å². The van der Waals surface area contributed by atoms with E-state index in [-0.39, 0.29) is 15.9 Å². The number of methoxy groups -OCH3 is 1. The molecule has 0 spiro atoms. The van der Waals surface area contributed by atoms with Crippen LogP contribution in [-0.2, 0) is 0 Å². The Kier molecular flexibility index (Phi) is 9.60. The van der Waals surface area contributed by atoms with Gasteiger partial charge in [-0.2, -0.15) is 0 Å². The average Bonchev–Trinajstić information content (AvgIpc) is 3.19. The first kappa shape index (κ1) is 25.0. The fourth-order valence-electron chi connectivity index (χ4n) is 2.45. The highest BCUT2D eigenvalue weighted by molar-refractivity contribution is 8.00. The molecule has 0 aliphatic carbocycles. The third-order valence-corrected chi connectivity index (χ3v) is 6.47. The average molecular weight is 484 g/mol. The van der Waals surface area contributed by atoms with Crippen molar-refractivity contribution in [1.82, 2.24) is 4.98 Å². The third kappa shape index (κ3) is 6.34. The first-order chi connectivity index (χ1) is 14.9. The number of anilines is 2. The standard InChI is InChI=1S/C19H17F2N3O2S3.C2H6/c1-11-10-28-18(22-11)23-19(25)24(21)13-9-12(20)7-8-14(13)29-16-6-4-5-15(27-3)17(16)26-2;1-2/h4-10H,1-3H3,(H,22,23,25);1-2H3. The lowest BCUT2D eigenvalue weighted by molar-refractivity contribution is 0.244. The number of halogens is 2. The van der Waals surface area contributed by atoms with Crippen molar-refractivity contribution < 1.29 is 18.4 Å². The van der Waals surface area contributed by atoms with Gasteiger partial charge in [0.1, 0.15) is 11.6 Å². The van der Waals surface area contributed by atoms with E-state index in [1.165, 1.54) is 47.0 Å². The van der Waals surface area contributed by atoms with Crippen molar-refractivity contribution >= 4 is 51.7 Å². The van der Waals surface area contributed by atoms with Crippen molar-refractivity contribution in [1.29, 1.82) is 0 Å². The van der Waals surface area contributed by atoms with Gasteiger partial charge in [0.05, 0.1) is 28.3 Å². The van der Waals surface area contributed by atoms with Crippen molar-refractivity contribution in [2.75, 3.05) is 23.8 Å². The second kappa shape index (κ2) is 11.9. The van der Waals surface area contributed by atoms with E-state index >= 15 is 0 Å². The molecule has 166 valence electrons. The Balaban J connectivity index is 0.00000166. The number of thioether (sulfide) groups is 1. The van der Waals surface area contributed by atoms with Crippen molar-refractivity contribution in [2.24, 2.45) is 0 Å². The second-order valence-electron chi connectivity index (χ2n) is 5.71. The molecule has 1 aromatic heterocycles. The number of carbonyl (C=O) groups excluding carboxylic acids is 1. The molecule has 0 saturated heterocycles. The zero-order valence-electron chi connectivity index (χ0n) is 17.7. The summed E-state index contributed by atoms with van der Waals surface area (Å²) in [5.74, 6) is -0.0249. The van der Waals surface area contributed by atoms with E-state index in [2.05, 4.69) is 10.3 Å². The van der Waals surface area contributed by atoms with Crippen LogP contribution in [0.4, 0.5) is 24.5 Å². The highest BCUT2D eigenvalue weighted by Gasteiger charge is 2.22. The lowest BCUT2D eigenvalue weighted by Crippen LogP contribution is -2.28. The van der Waals surface area contributed by atoms with Crippen LogP contribution >= 0.6 is 34.9 Å². The number of aryl methyl sites for hydroxylation is 1. The van der Waals surface area contributed by atoms with Gasteiger partial charge in [-0.05, 0) is 37.4 Å². The Morgan fingerprint density at radius 2 is 1.90 bits per heavy atom. The number of aromatic nitrogens is 1. The van der Waals surface area contributed by atoms with Crippen LogP contribution in [0.1, 0.15) is 19.5 Å². The largest absolute Gasteiger partial charge is 0.494 e. The van der Waals surface area contributed by atoms with Gasteiger partial charge in [0.15, 0.2) is 5.13 Å². The van der Waals surface area contributed by atoms with Gasteiger partial charge in [0.2, 0.25) is 0 Å². The molecule has 0 radical (unpaired) electrons. The van der Waals surface area contributed by atoms with Crippen molar-refractivity contribution in [3.63, 3.8) is 0 Å². The topological polar surface area (TPSA) is 54.5 Å². The monoisotopic (exact) mass is 483 g/mol. The van der Waals surface area contributed by atoms with Crippen LogP contribution in [0, 0.1) is 12.7 Å². The normalized spacial score (nSPS) is 10.2.